The summed E-state index contributed by atoms with van der Waals surface area (Å²) in [5.74, 6) is -0.854. The molecule has 88 valence electrons. The van der Waals surface area contributed by atoms with E-state index < -0.39 is 18.3 Å². The molecule has 5 heteroatoms. The molecule has 0 radical (unpaired) electrons. The Morgan fingerprint density at radius 2 is 1.47 bits per heavy atom. The van der Waals surface area contributed by atoms with Gasteiger partial charge >= 0.3 is 6.98 Å². The van der Waals surface area contributed by atoms with Crippen molar-refractivity contribution in [1.82, 2.24) is 0 Å². The third kappa shape index (κ3) is 2.49. The smallest absolute Gasteiger partial charge is 0.445 e. The Morgan fingerprint density at radius 1 is 0.824 bits per heavy atom. The van der Waals surface area contributed by atoms with Crippen molar-refractivity contribution in [2.75, 3.05) is 0 Å². The van der Waals surface area contributed by atoms with Gasteiger partial charge in [-0.25, -0.2) is 4.39 Å². The Hall–Kier alpha value is -1.78. The fraction of sp³-hybridized carbons (Fsp3) is 0. The average molecular weight is 239 g/mol. The SMILES string of the molecule is Fc1cc([B-](F)(F)F)ccc1-c1ccccc1. The summed E-state index contributed by atoms with van der Waals surface area (Å²) in [5, 5.41) is 0. The molecule has 2 aromatic rings. The molecule has 0 aromatic heterocycles. The van der Waals surface area contributed by atoms with Crippen LogP contribution in [0.4, 0.5) is 17.3 Å². The van der Waals surface area contributed by atoms with E-state index in [2.05, 4.69) is 0 Å². The molecule has 2 aromatic carbocycles. The molecule has 0 atom stereocenters. The van der Waals surface area contributed by atoms with Gasteiger partial charge in [0.25, 0.3) is 0 Å². The minimum absolute atomic E-state index is 0.175. The van der Waals surface area contributed by atoms with Crippen LogP contribution in [-0.4, -0.2) is 6.98 Å². The molecule has 0 unspecified atom stereocenters. The Balaban J connectivity index is 2.46. The fourth-order valence-electron chi connectivity index (χ4n) is 1.59. The second-order valence-electron chi connectivity index (χ2n) is 3.68. The standard InChI is InChI=1S/C12H8BF4/c14-12-8-10(13(15,16)17)6-7-11(12)9-4-2-1-3-5-9/h1-8H/q-1. The van der Waals surface area contributed by atoms with Crippen molar-refractivity contribution < 1.29 is 17.3 Å². The topological polar surface area (TPSA) is 0 Å². The highest BCUT2D eigenvalue weighted by atomic mass is 19.4. The predicted molar refractivity (Wildman–Crippen MR) is 60.5 cm³/mol. The van der Waals surface area contributed by atoms with E-state index in [-0.39, 0.29) is 5.56 Å². The van der Waals surface area contributed by atoms with Crippen LogP contribution in [0.1, 0.15) is 0 Å². The molecule has 0 N–H and O–H groups in total. The Bertz CT molecular complexity index is 520. The lowest BCUT2D eigenvalue weighted by molar-refractivity contribution is 0.500. The third-order valence-corrected chi connectivity index (χ3v) is 2.46. The summed E-state index contributed by atoms with van der Waals surface area (Å²) in [5.41, 5.74) is -0.178. The van der Waals surface area contributed by atoms with Crippen LogP contribution in [0.25, 0.3) is 11.1 Å². The zero-order chi connectivity index (χ0) is 12.5. The maximum absolute atomic E-state index is 13.6. The summed E-state index contributed by atoms with van der Waals surface area (Å²) in [6.45, 7) is -5.15. The maximum atomic E-state index is 13.6. The first-order valence-electron chi connectivity index (χ1n) is 5.03. The number of hydrogen-bond acceptors (Lipinski definition) is 0. The lowest BCUT2D eigenvalue weighted by atomic mass is 9.79. The molecule has 0 saturated heterocycles. The second kappa shape index (κ2) is 4.24. The normalized spacial score (nSPS) is 11.5. The van der Waals surface area contributed by atoms with Crippen molar-refractivity contribution in [3.63, 3.8) is 0 Å². The zero-order valence-corrected chi connectivity index (χ0v) is 8.71. The van der Waals surface area contributed by atoms with Crippen LogP contribution in [0.15, 0.2) is 48.5 Å². The van der Waals surface area contributed by atoms with Gasteiger partial charge in [0, 0.05) is 5.56 Å². The van der Waals surface area contributed by atoms with E-state index >= 15 is 0 Å². The van der Waals surface area contributed by atoms with Crippen molar-refractivity contribution in [3.8, 4) is 11.1 Å². The van der Waals surface area contributed by atoms with Gasteiger partial charge in [-0.15, -0.1) is 5.46 Å². The molecule has 0 aliphatic carbocycles. The monoisotopic (exact) mass is 239 g/mol. The van der Waals surface area contributed by atoms with Gasteiger partial charge in [0.05, 0.1) is 0 Å². The highest BCUT2D eigenvalue weighted by Gasteiger charge is 2.26. The first kappa shape index (κ1) is 11.7. The summed E-state index contributed by atoms with van der Waals surface area (Å²) in [7, 11) is 0. The maximum Gasteiger partial charge on any atom is 0.509 e. The molecule has 2 rings (SSSR count). The lowest BCUT2D eigenvalue weighted by Gasteiger charge is -2.15. The molecule has 0 amide bonds. The van der Waals surface area contributed by atoms with Gasteiger partial charge in [0.15, 0.2) is 0 Å². The summed E-state index contributed by atoms with van der Waals surface area (Å²) in [6, 6.07) is 11.1. The molecular formula is C12H8BF4-. The third-order valence-electron chi connectivity index (χ3n) is 2.46. The minimum atomic E-state index is -5.15. The molecule has 0 aliphatic heterocycles. The molecule has 0 saturated carbocycles. The minimum Gasteiger partial charge on any atom is -0.445 e. The first-order chi connectivity index (χ1) is 7.98. The van der Waals surface area contributed by atoms with Crippen molar-refractivity contribution in [3.05, 3.63) is 54.3 Å². The predicted octanol–water partition coefficient (Wildman–Crippen LogP) is 3.55. The number of benzene rings is 2. The van der Waals surface area contributed by atoms with Gasteiger partial charge in [-0.2, -0.15) is 0 Å². The van der Waals surface area contributed by atoms with Crippen molar-refractivity contribution in [1.29, 1.82) is 0 Å². The van der Waals surface area contributed by atoms with E-state index in [1.165, 1.54) is 0 Å². The Kier molecular flexibility index (Phi) is 2.92. The first-order valence-corrected chi connectivity index (χ1v) is 5.03. The molecule has 17 heavy (non-hydrogen) atoms. The van der Waals surface area contributed by atoms with Crippen LogP contribution in [0.2, 0.25) is 0 Å². The van der Waals surface area contributed by atoms with Gasteiger partial charge < -0.3 is 12.9 Å². The van der Waals surface area contributed by atoms with Crippen molar-refractivity contribution in [2.24, 2.45) is 0 Å². The second-order valence-corrected chi connectivity index (χ2v) is 3.68. The number of rotatable bonds is 2. The van der Waals surface area contributed by atoms with E-state index in [1.807, 2.05) is 0 Å². The van der Waals surface area contributed by atoms with Crippen molar-refractivity contribution in [2.45, 2.75) is 0 Å². The quantitative estimate of drug-likeness (QED) is 0.555. The molecule has 0 aliphatic rings. The van der Waals surface area contributed by atoms with E-state index in [9.17, 15) is 17.3 Å². The summed E-state index contributed by atoms with van der Waals surface area (Å²) < 4.78 is 50.8. The number of hydrogen-bond donors (Lipinski definition) is 0. The molecule has 0 fully saturated rings. The van der Waals surface area contributed by atoms with Gasteiger partial charge in [-0.3, -0.25) is 0 Å². The van der Waals surface area contributed by atoms with Crippen LogP contribution in [0, 0.1) is 5.82 Å². The van der Waals surface area contributed by atoms with Crippen LogP contribution >= 0.6 is 0 Å². The molecule has 0 bridgehead atoms. The van der Waals surface area contributed by atoms with Gasteiger partial charge in [-0.1, -0.05) is 48.5 Å². The van der Waals surface area contributed by atoms with Gasteiger partial charge in [0.2, 0.25) is 0 Å². The van der Waals surface area contributed by atoms with Crippen molar-refractivity contribution >= 4 is 12.4 Å². The van der Waals surface area contributed by atoms with Crippen LogP contribution in [-0.2, 0) is 0 Å². The van der Waals surface area contributed by atoms with Crippen LogP contribution in [0.5, 0.6) is 0 Å². The zero-order valence-electron chi connectivity index (χ0n) is 8.71. The highest BCUT2D eigenvalue weighted by Crippen LogP contribution is 2.22. The van der Waals surface area contributed by atoms with E-state index in [0.29, 0.717) is 11.6 Å². The highest BCUT2D eigenvalue weighted by molar-refractivity contribution is 6.73. The van der Waals surface area contributed by atoms with Crippen LogP contribution in [0.3, 0.4) is 0 Å². The summed E-state index contributed by atoms with van der Waals surface area (Å²) >= 11 is 0. The van der Waals surface area contributed by atoms with E-state index in [0.717, 1.165) is 12.1 Å². The largest absolute Gasteiger partial charge is 0.509 e. The van der Waals surface area contributed by atoms with Crippen LogP contribution < -0.4 is 5.46 Å². The Labute approximate surface area is 96.0 Å². The van der Waals surface area contributed by atoms with E-state index in [1.54, 1.807) is 30.3 Å². The van der Waals surface area contributed by atoms with Gasteiger partial charge in [-0.05, 0) is 5.56 Å². The average Bonchev–Trinajstić information content (AvgIpc) is 2.29. The molecule has 0 spiro atoms. The van der Waals surface area contributed by atoms with Gasteiger partial charge in [0.1, 0.15) is 5.82 Å². The fourth-order valence-corrected chi connectivity index (χ4v) is 1.59. The molecule has 0 nitrogen and oxygen atoms in total. The lowest BCUT2D eigenvalue weighted by Crippen LogP contribution is -2.34. The summed E-state index contributed by atoms with van der Waals surface area (Å²) in [6.07, 6.45) is 0. The summed E-state index contributed by atoms with van der Waals surface area (Å²) in [4.78, 5) is 0. The number of halogens is 4. The Morgan fingerprint density at radius 3 is 2.00 bits per heavy atom. The van der Waals surface area contributed by atoms with E-state index in [4.69, 9.17) is 0 Å². The molecular weight excluding hydrogens is 231 g/mol. The molecule has 0 heterocycles.